The van der Waals surface area contributed by atoms with Crippen LogP contribution in [0.2, 0.25) is 0 Å². The lowest BCUT2D eigenvalue weighted by atomic mass is 10.8. The second-order valence-electron chi connectivity index (χ2n) is 2.23. The van der Waals surface area contributed by atoms with E-state index in [9.17, 15) is 13.2 Å². The zero-order valence-corrected chi connectivity index (χ0v) is 9.84. The van der Waals surface area contributed by atoms with Crippen LogP contribution in [0.1, 0.15) is 6.92 Å². The third-order valence-electron chi connectivity index (χ3n) is 0.727. The minimum absolute atomic E-state index is 0.0600. The Balaban J connectivity index is 0. The van der Waals surface area contributed by atoms with Gasteiger partial charge in [0.25, 0.3) is 0 Å². The lowest BCUT2D eigenvalue weighted by Crippen LogP contribution is -2.19. The van der Waals surface area contributed by atoms with E-state index in [2.05, 4.69) is 19.5 Å². The molecule has 104 valence electrons. The van der Waals surface area contributed by atoms with Gasteiger partial charge in [0, 0.05) is 6.92 Å². The van der Waals surface area contributed by atoms with Crippen LogP contribution in [0.3, 0.4) is 0 Å². The Morgan fingerprint density at radius 1 is 1.18 bits per heavy atom. The van der Waals surface area contributed by atoms with E-state index < -0.39 is 16.4 Å². The molecule has 4 N–H and O–H groups in total. The van der Waals surface area contributed by atoms with Gasteiger partial charge in [0.15, 0.2) is 0 Å². The maximum atomic E-state index is 9.70. The van der Waals surface area contributed by atoms with E-state index in [0.717, 1.165) is 6.92 Å². The summed E-state index contributed by atoms with van der Waals surface area (Å²) >= 11 is 0. The van der Waals surface area contributed by atoms with E-state index in [-0.39, 0.29) is 26.4 Å². The molecule has 11 heteroatoms. The topological polar surface area (TPSA) is 152 Å². The third-order valence-corrected chi connectivity index (χ3v) is 1.17. The molecule has 0 aliphatic heterocycles. The number of carbonyl (C=O) groups is 1. The summed E-state index contributed by atoms with van der Waals surface area (Å²) in [6, 6.07) is 0. The maximum Gasteiger partial charge on any atom is 0.448 e. The molecule has 17 heavy (non-hydrogen) atoms. The Morgan fingerprint density at radius 3 is 1.76 bits per heavy atom. The van der Waals surface area contributed by atoms with Gasteiger partial charge in [-0.25, -0.2) is 0 Å². The van der Waals surface area contributed by atoms with Gasteiger partial charge in [-0.05, 0) is 0 Å². The molecule has 0 aliphatic carbocycles. The van der Waals surface area contributed by atoms with Crippen LogP contribution in [0, 0.1) is 0 Å². The van der Waals surface area contributed by atoms with Gasteiger partial charge in [0.1, 0.15) is 0 Å². The number of carbonyl (C=O) groups excluding carboxylic acids is 1. The summed E-state index contributed by atoms with van der Waals surface area (Å²) in [5, 5.41) is 16.3. The van der Waals surface area contributed by atoms with E-state index in [1.54, 1.807) is 0 Å². The van der Waals surface area contributed by atoms with E-state index in [1.165, 1.54) is 0 Å². The molecule has 0 unspecified atom stereocenters. The summed E-state index contributed by atoms with van der Waals surface area (Å²) in [7, 11) is -4.57. The zero-order chi connectivity index (χ0) is 13.7. The van der Waals surface area contributed by atoms with Crippen molar-refractivity contribution in [3.8, 4) is 0 Å². The number of hydrogen-bond donors (Lipinski definition) is 4. The number of nitrogens with one attached hydrogen (secondary N) is 1. The lowest BCUT2D eigenvalue weighted by Gasteiger charge is -2.01. The monoisotopic (exact) mass is 277 g/mol. The summed E-state index contributed by atoms with van der Waals surface area (Å²) in [6.45, 7) is 1.09. The van der Waals surface area contributed by atoms with Crippen LogP contribution in [-0.4, -0.2) is 55.6 Å². The molecule has 0 aromatic heterocycles. The summed E-state index contributed by atoms with van der Waals surface area (Å²) in [5.74, 6) is -1.06. The maximum absolute atomic E-state index is 9.70. The summed E-state index contributed by atoms with van der Waals surface area (Å²) in [4.78, 5) is 18.6. The van der Waals surface area contributed by atoms with Gasteiger partial charge >= 0.3 is 16.4 Å². The molecule has 0 bridgehead atoms. The molecule has 0 spiro atoms. The Bertz CT molecular complexity index is 271. The van der Waals surface area contributed by atoms with Crippen molar-refractivity contribution in [2.75, 3.05) is 26.4 Å². The fraction of sp³-hybridized carbons (Fsp3) is 0.833. The van der Waals surface area contributed by atoms with Gasteiger partial charge in [-0.3, -0.25) is 19.0 Å². The largest absolute Gasteiger partial charge is 0.448 e. The van der Waals surface area contributed by atoms with Gasteiger partial charge in [-0.1, -0.05) is 5.64 Å². The third kappa shape index (κ3) is 25.4. The van der Waals surface area contributed by atoms with E-state index in [4.69, 9.17) is 14.8 Å². The SMILES string of the molecule is CC(=O)OS(=O)(=O)O.OCCONOCCO. The molecule has 0 amide bonds. The van der Waals surface area contributed by atoms with Crippen LogP contribution in [0.25, 0.3) is 0 Å². The second-order valence-corrected chi connectivity index (χ2v) is 3.25. The van der Waals surface area contributed by atoms with Crippen LogP contribution in [-0.2, 0) is 29.1 Å². The predicted octanol–water partition coefficient (Wildman–Crippen LogP) is -2.22. The molecular formula is C6H15NO9S. The van der Waals surface area contributed by atoms with Crippen molar-refractivity contribution in [2.45, 2.75) is 6.92 Å². The summed E-state index contributed by atoms with van der Waals surface area (Å²) in [6.07, 6.45) is 0. The molecule has 0 aromatic carbocycles. The van der Waals surface area contributed by atoms with Crippen LogP contribution in [0.5, 0.6) is 0 Å². The lowest BCUT2D eigenvalue weighted by molar-refractivity contribution is -0.178. The first-order valence-corrected chi connectivity index (χ1v) is 5.57. The molecule has 0 heterocycles. The standard InChI is InChI=1S/C4H11NO4.C2H4O5S/c6-1-3-8-5-9-4-2-7;1-2(3)7-8(4,5)6/h5-7H,1-4H2;1H3,(H,4,5,6). The molecule has 0 aliphatic rings. The average molecular weight is 277 g/mol. The summed E-state index contributed by atoms with van der Waals surface area (Å²) in [5.41, 5.74) is 2.07. The van der Waals surface area contributed by atoms with Crippen molar-refractivity contribution in [1.82, 2.24) is 5.64 Å². The van der Waals surface area contributed by atoms with Gasteiger partial charge in [0.05, 0.1) is 26.4 Å². The first kappa shape index (κ1) is 18.5. The molecular weight excluding hydrogens is 262 g/mol. The highest BCUT2D eigenvalue weighted by atomic mass is 32.3. The minimum atomic E-state index is -4.57. The Hall–Kier alpha value is -0.820. The smallest absolute Gasteiger partial charge is 0.394 e. The minimum Gasteiger partial charge on any atom is -0.394 e. The quantitative estimate of drug-likeness (QED) is 0.228. The molecule has 0 saturated heterocycles. The number of aliphatic hydroxyl groups is 2. The van der Waals surface area contributed by atoms with Crippen LogP contribution in [0.15, 0.2) is 0 Å². The molecule has 10 nitrogen and oxygen atoms in total. The fourth-order valence-electron chi connectivity index (χ4n) is 0.365. The second kappa shape index (κ2) is 11.7. The van der Waals surface area contributed by atoms with Crippen LogP contribution >= 0.6 is 0 Å². The van der Waals surface area contributed by atoms with Crippen LogP contribution < -0.4 is 5.64 Å². The highest BCUT2D eigenvalue weighted by molar-refractivity contribution is 7.81. The van der Waals surface area contributed by atoms with E-state index >= 15 is 0 Å². The highest BCUT2D eigenvalue weighted by Gasteiger charge is 2.06. The molecule has 0 saturated carbocycles. The van der Waals surface area contributed by atoms with Crippen molar-refractivity contribution in [3.63, 3.8) is 0 Å². The molecule has 0 atom stereocenters. The molecule has 0 radical (unpaired) electrons. The molecule has 0 fully saturated rings. The van der Waals surface area contributed by atoms with Crippen LogP contribution in [0.4, 0.5) is 0 Å². The van der Waals surface area contributed by atoms with Crippen molar-refractivity contribution >= 4 is 16.4 Å². The van der Waals surface area contributed by atoms with E-state index in [1.807, 2.05) is 0 Å². The zero-order valence-electron chi connectivity index (χ0n) is 9.03. The number of hydrogen-bond acceptors (Lipinski definition) is 9. The van der Waals surface area contributed by atoms with Crippen molar-refractivity contribution in [1.29, 1.82) is 0 Å². The summed E-state index contributed by atoms with van der Waals surface area (Å²) < 4.78 is 30.2. The Labute approximate surface area is 98.0 Å². The van der Waals surface area contributed by atoms with Gasteiger partial charge in [-0.2, -0.15) is 8.42 Å². The van der Waals surface area contributed by atoms with Gasteiger partial charge in [-0.15, -0.1) is 0 Å². The number of rotatable bonds is 7. The Morgan fingerprint density at radius 2 is 1.59 bits per heavy atom. The Kier molecular flexibility index (Phi) is 12.7. The first-order valence-electron chi connectivity index (χ1n) is 4.21. The van der Waals surface area contributed by atoms with Crippen molar-refractivity contribution in [3.05, 3.63) is 0 Å². The first-order chi connectivity index (χ1) is 7.83. The average Bonchev–Trinajstić information content (AvgIpc) is 2.15. The number of aliphatic hydroxyl groups excluding tert-OH is 2. The normalized spacial score (nSPS) is 10.4. The van der Waals surface area contributed by atoms with Crippen molar-refractivity contribution in [2.24, 2.45) is 0 Å². The van der Waals surface area contributed by atoms with Gasteiger partial charge in [0.2, 0.25) is 0 Å². The molecule has 0 aromatic rings. The fourth-order valence-corrected chi connectivity index (χ4v) is 0.661. The molecule has 0 rings (SSSR count). The highest BCUT2D eigenvalue weighted by Crippen LogP contribution is 1.84. The van der Waals surface area contributed by atoms with Crippen molar-refractivity contribution < 1.29 is 41.8 Å². The van der Waals surface area contributed by atoms with E-state index in [0.29, 0.717) is 0 Å². The van der Waals surface area contributed by atoms with Gasteiger partial charge < -0.3 is 14.4 Å². The predicted molar refractivity (Wildman–Crippen MR) is 52.5 cm³/mol.